The monoisotopic (exact) mass is 516 g/mol. The summed E-state index contributed by atoms with van der Waals surface area (Å²) in [4.78, 5) is 36.7. The Bertz CT molecular complexity index is 1330. The average molecular weight is 517 g/mol. The number of hydrogen-bond donors (Lipinski definition) is 1. The molecular weight excluding hydrogens is 500 g/mol. The molecule has 0 fully saturated rings. The van der Waals surface area contributed by atoms with Crippen LogP contribution in [0.5, 0.6) is 0 Å². The van der Waals surface area contributed by atoms with E-state index in [4.69, 9.17) is 9.15 Å². The maximum atomic E-state index is 12.6. The molecule has 0 radical (unpaired) electrons. The van der Waals surface area contributed by atoms with Crippen LogP contribution in [0.4, 0.5) is 10.7 Å². The van der Waals surface area contributed by atoms with E-state index in [9.17, 15) is 19.7 Å². The van der Waals surface area contributed by atoms with E-state index in [-0.39, 0.29) is 40.6 Å². The van der Waals surface area contributed by atoms with Crippen LogP contribution in [0.3, 0.4) is 0 Å². The largest absolute Gasteiger partial charge is 0.462 e. The van der Waals surface area contributed by atoms with Crippen molar-refractivity contribution in [2.75, 3.05) is 17.7 Å². The van der Waals surface area contributed by atoms with Gasteiger partial charge in [0.25, 0.3) is 16.8 Å². The molecule has 10 nitrogen and oxygen atoms in total. The van der Waals surface area contributed by atoms with Crippen LogP contribution in [0.15, 0.2) is 56.8 Å². The standard InChI is InChI=1S/C21H16N4O6S3/c1-2-30-20(27)17-13(15-8-5-9-32-15)10-33-19(17)22-16(26)11-34-21-24-23-18(31-21)12-6-3-4-7-14(12)25(28)29/h3-10H,2,11H2,1H3,(H,22,26). The molecule has 0 saturated carbocycles. The summed E-state index contributed by atoms with van der Waals surface area (Å²) in [5, 5.41) is 25.8. The Morgan fingerprint density at radius 2 is 2.00 bits per heavy atom. The van der Waals surface area contributed by atoms with Crippen molar-refractivity contribution < 1.29 is 23.7 Å². The summed E-state index contributed by atoms with van der Waals surface area (Å²) in [6, 6.07) is 9.78. The van der Waals surface area contributed by atoms with E-state index in [1.807, 2.05) is 17.5 Å². The number of amides is 1. The number of rotatable bonds is 9. The third-order valence-corrected chi connectivity index (χ3v) is 6.99. The zero-order valence-corrected chi connectivity index (χ0v) is 20.0. The number of carbonyl (C=O) groups excluding carboxylic acids is 2. The van der Waals surface area contributed by atoms with Crippen molar-refractivity contribution in [2.24, 2.45) is 0 Å². The molecule has 1 amide bonds. The number of benzene rings is 1. The summed E-state index contributed by atoms with van der Waals surface area (Å²) < 4.78 is 10.7. The molecule has 1 N–H and O–H groups in total. The third kappa shape index (κ3) is 5.16. The topological polar surface area (TPSA) is 137 Å². The van der Waals surface area contributed by atoms with E-state index in [1.54, 1.807) is 18.4 Å². The summed E-state index contributed by atoms with van der Waals surface area (Å²) in [5.74, 6) is -0.993. The maximum absolute atomic E-state index is 12.6. The highest BCUT2D eigenvalue weighted by molar-refractivity contribution is 7.99. The molecule has 3 heterocycles. The van der Waals surface area contributed by atoms with Gasteiger partial charge in [-0.2, -0.15) is 0 Å². The summed E-state index contributed by atoms with van der Waals surface area (Å²) in [6.45, 7) is 1.92. The van der Waals surface area contributed by atoms with Gasteiger partial charge < -0.3 is 14.5 Å². The molecular formula is C21H16N4O6S3. The lowest BCUT2D eigenvalue weighted by atomic mass is 10.1. The molecule has 174 valence electrons. The van der Waals surface area contributed by atoms with Crippen molar-refractivity contribution in [3.05, 3.63) is 62.8 Å². The first-order valence-electron chi connectivity index (χ1n) is 9.80. The van der Waals surface area contributed by atoms with Gasteiger partial charge in [0.05, 0.1) is 17.3 Å². The number of nitro benzene ring substituents is 1. The van der Waals surface area contributed by atoms with Crippen LogP contribution in [0.1, 0.15) is 17.3 Å². The minimum absolute atomic E-state index is 0.0151. The zero-order chi connectivity index (χ0) is 24.1. The Balaban J connectivity index is 1.46. The molecule has 3 aromatic heterocycles. The number of aromatic nitrogens is 2. The molecule has 13 heteroatoms. The number of nitro groups is 1. The zero-order valence-electron chi connectivity index (χ0n) is 17.5. The lowest BCUT2D eigenvalue weighted by Crippen LogP contribution is -2.16. The fourth-order valence-corrected chi connectivity index (χ4v) is 5.30. The van der Waals surface area contributed by atoms with Crippen molar-refractivity contribution in [1.29, 1.82) is 0 Å². The molecule has 34 heavy (non-hydrogen) atoms. The fourth-order valence-electron chi connectivity index (χ4n) is 2.95. The Morgan fingerprint density at radius 1 is 1.18 bits per heavy atom. The van der Waals surface area contributed by atoms with Gasteiger partial charge in [-0.25, -0.2) is 4.79 Å². The average Bonchev–Trinajstić information content (AvgIpc) is 3.58. The third-order valence-electron chi connectivity index (χ3n) is 4.37. The number of nitrogens with zero attached hydrogens (tertiary/aromatic N) is 3. The molecule has 0 aliphatic carbocycles. The molecule has 0 atom stereocenters. The van der Waals surface area contributed by atoms with E-state index >= 15 is 0 Å². The van der Waals surface area contributed by atoms with Gasteiger partial charge >= 0.3 is 5.97 Å². The summed E-state index contributed by atoms with van der Waals surface area (Å²) >= 11 is 3.69. The molecule has 0 aliphatic rings. The highest BCUT2D eigenvalue weighted by Gasteiger charge is 2.24. The van der Waals surface area contributed by atoms with Crippen molar-refractivity contribution >= 4 is 57.0 Å². The molecule has 0 aliphatic heterocycles. The van der Waals surface area contributed by atoms with E-state index in [0.717, 1.165) is 16.6 Å². The fraction of sp³-hybridized carbons (Fsp3) is 0.143. The molecule has 0 unspecified atom stereocenters. The van der Waals surface area contributed by atoms with Gasteiger partial charge in [-0.05, 0) is 24.4 Å². The second-order valence-electron chi connectivity index (χ2n) is 6.54. The number of thiophene rings is 2. The van der Waals surface area contributed by atoms with Crippen molar-refractivity contribution in [2.45, 2.75) is 12.1 Å². The smallest absolute Gasteiger partial charge is 0.341 e. The molecule has 0 saturated heterocycles. The Hall–Kier alpha value is -3.55. The SMILES string of the molecule is CCOC(=O)c1c(-c2cccs2)csc1NC(=O)CSc1nnc(-c2ccccc2[N+](=O)[O-])o1. The number of anilines is 1. The highest BCUT2D eigenvalue weighted by Crippen LogP contribution is 2.38. The van der Waals surface area contributed by atoms with Gasteiger partial charge in [-0.1, -0.05) is 30.0 Å². The second-order valence-corrected chi connectivity index (χ2v) is 9.29. The van der Waals surface area contributed by atoms with E-state index < -0.39 is 10.9 Å². The first kappa shape index (κ1) is 23.6. The minimum atomic E-state index is -0.535. The number of esters is 1. The molecule has 0 bridgehead atoms. The normalized spacial score (nSPS) is 10.7. The number of carbonyl (C=O) groups is 2. The van der Waals surface area contributed by atoms with E-state index in [2.05, 4.69) is 15.5 Å². The van der Waals surface area contributed by atoms with Crippen LogP contribution in [0.2, 0.25) is 0 Å². The molecule has 0 spiro atoms. The minimum Gasteiger partial charge on any atom is -0.462 e. The van der Waals surface area contributed by atoms with Gasteiger partial charge in [0, 0.05) is 21.9 Å². The quantitative estimate of drug-likeness (QED) is 0.135. The number of hydrogen-bond acceptors (Lipinski definition) is 11. The van der Waals surface area contributed by atoms with Gasteiger partial charge in [0.2, 0.25) is 5.91 Å². The van der Waals surface area contributed by atoms with Crippen LogP contribution in [-0.2, 0) is 9.53 Å². The number of thioether (sulfide) groups is 1. The molecule has 4 aromatic rings. The lowest BCUT2D eigenvalue weighted by Gasteiger charge is -2.07. The molecule has 1 aromatic carbocycles. The van der Waals surface area contributed by atoms with Crippen LogP contribution in [0, 0.1) is 10.1 Å². The van der Waals surface area contributed by atoms with E-state index in [1.165, 1.54) is 40.9 Å². The Morgan fingerprint density at radius 3 is 2.74 bits per heavy atom. The predicted octanol–water partition coefficient (Wildman–Crippen LogP) is 5.34. The molecule has 4 rings (SSSR count). The van der Waals surface area contributed by atoms with Crippen LogP contribution in [-0.4, -0.2) is 39.4 Å². The summed E-state index contributed by atoms with van der Waals surface area (Å²) in [7, 11) is 0. The van der Waals surface area contributed by atoms with Gasteiger partial charge in [0.15, 0.2) is 0 Å². The first-order valence-corrected chi connectivity index (χ1v) is 12.5. The van der Waals surface area contributed by atoms with Gasteiger partial charge in [-0.15, -0.1) is 32.9 Å². The number of para-hydroxylation sites is 1. The maximum Gasteiger partial charge on any atom is 0.341 e. The number of ether oxygens (including phenoxy) is 1. The Labute approximate surface area is 205 Å². The van der Waals surface area contributed by atoms with Crippen LogP contribution < -0.4 is 5.32 Å². The van der Waals surface area contributed by atoms with Crippen LogP contribution in [0.25, 0.3) is 21.9 Å². The van der Waals surface area contributed by atoms with Crippen molar-refractivity contribution in [1.82, 2.24) is 10.2 Å². The van der Waals surface area contributed by atoms with Gasteiger partial charge in [-0.3, -0.25) is 14.9 Å². The summed E-state index contributed by atoms with van der Waals surface area (Å²) in [5.41, 5.74) is 1.04. The van der Waals surface area contributed by atoms with Crippen molar-refractivity contribution in [3.8, 4) is 21.9 Å². The second kappa shape index (κ2) is 10.6. The Kier molecular flexibility index (Phi) is 7.35. The van der Waals surface area contributed by atoms with E-state index in [0.29, 0.717) is 16.1 Å². The first-order chi connectivity index (χ1) is 16.5. The number of nitrogens with one attached hydrogen (secondary N) is 1. The van der Waals surface area contributed by atoms with Crippen molar-refractivity contribution in [3.63, 3.8) is 0 Å². The summed E-state index contributed by atoms with van der Waals surface area (Å²) in [6.07, 6.45) is 0. The van der Waals surface area contributed by atoms with Crippen LogP contribution >= 0.6 is 34.4 Å². The predicted molar refractivity (Wildman–Crippen MR) is 129 cm³/mol. The lowest BCUT2D eigenvalue weighted by molar-refractivity contribution is -0.384. The van der Waals surface area contributed by atoms with Gasteiger partial charge in [0.1, 0.15) is 16.1 Å². The highest BCUT2D eigenvalue weighted by atomic mass is 32.2.